The Morgan fingerprint density at radius 3 is 2.86 bits per heavy atom. The Kier molecular flexibility index (Phi) is 7.61. The molecule has 3 nitrogen and oxygen atoms in total. The molecule has 0 radical (unpaired) electrons. The summed E-state index contributed by atoms with van der Waals surface area (Å²) in [6.45, 7) is 8.51. The van der Waals surface area contributed by atoms with Crippen molar-refractivity contribution < 1.29 is 9.53 Å². The van der Waals surface area contributed by atoms with E-state index in [2.05, 4.69) is 18.8 Å². The Bertz CT molecular complexity index is 209. The van der Waals surface area contributed by atoms with Gasteiger partial charge in [0.25, 0.3) is 0 Å². The highest BCUT2D eigenvalue weighted by Crippen LogP contribution is 1.91. The fraction of sp³-hybridized carbons (Fsp3) is 0.545. The minimum absolute atomic E-state index is 0.296. The first kappa shape index (κ1) is 12.8. The zero-order valence-electron chi connectivity index (χ0n) is 9.01. The van der Waals surface area contributed by atoms with E-state index in [1.165, 1.54) is 6.42 Å². The monoisotopic (exact) mass is 197 g/mol. The van der Waals surface area contributed by atoms with Gasteiger partial charge >= 0.3 is 5.97 Å². The van der Waals surface area contributed by atoms with Crippen molar-refractivity contribution in [1.82, 2.24) is 5.32 Å². The topological polar surface area (TPSA) is 38.3 Å². The fourth-order valence-corrected chi connectivity index (χ4v) is 0.741. The summed E-state index contributed by atoms with van der Waals surface area (Å²) < 4.78 is 4.84. The molecule has 0 atom stereocenters. The lowest BCUT2D eigenvalue weighted by atomic mass is 10.3. The highest BCUT2D eigenvalue weighted by Gasteiger charge is 1.99. The van der Waals surface area contributed by atoms with Crippen LogP contribution in [0.5, 0.6) is 0 Å². The molecule has 0 bridgehead atoms. The van der Waals surface area contributed by atoms with Crippen LogP contribution in [-0.4, -0.2) is 19.1 Å². The number of ether oxygens (including phenoxy) is 1. The van der Waals surface area contributed by atoms with Gasteiger partial charge in [0.2, 0.25) is 0 Å². The summed E-state index contributed by atoms with van der Waals surface area (Å²) in [5.41, 5.74) is 0.428. The summed E-state index contributed by atoms with van der Waals surface area (Å²) in [6, 6.07) is 0. The maximum absolute atomic E-state index is 10.9. The lowest BCUT2D eigenvalue weighted by Gasteiger charge is -2.00. The summed E-state index contributed by atoms with van der Waals surface area (Å²) in [4.78, 5) is 10.9. The minimum atomic E-state index is -0.344. The van der Waals surface area contributed by atoms with Gasteiger partial charge in [-0.15, -0.1) is 0 Å². The molecule has 14 heavy (non-hydrogen) atoms. The molecular weight excluding hydrogens is 178 g/mol. The van der Waals surface area contributed by atoms with E-state index < -0.39 is 0 Å². The standard InChI is InChI=1S/C11H19NO2/c1-4-5-7-12-8-6-9-14-11(13)10(2)3/h6,8,12H,2,4-5,7,9H2,1,3H3. The van der Waals surface area contributed by atoms with Gasteiger partial charge in [-0.2, -0.15) is 0 Å². The van der Waals surface area contributed by atoms with Gasteiger partial charge in [0, 0.05) is 12.1 Å². The van der Waals surface area contributed by atoms with Crippen molar-refractivity contribution in [2.45, 2.75) is 26.7 Å². The quantitative estimate of drug-likeness (QED) is 0.385. The highest BCUT2D eigenvalue weighted by molar-refractivity contribution is 5.86. The second-order valence-electron chi connectivity index (χ2n) is 3.09. The number of hydrogen-bond donors (Lipinski definition) is 1. The molecule has 0 aromatic heterocycles. The van der Waals surface area contributed by atoms with Gasteiger partial charge in [-0.3, -0.25) is 0 Å². The number of nitrogens with one attached hydrogen (secondary N) is 1. The SMILES string of the molecule is C=C(C)C(=O)OCC=CNCCCC. The van der Waals surface area contributed by atoms with Crippen LogP contribution in [0.4, 0.5) is 0 Å². The fourth-order valence-electron chi connectivity index (χ4n) is 0.741. The largest absolute Gasteiger partial charge is 0.458 e. The summed E-state index contributed by atoms with van der Waals surface area (Å²) in [5, 5.41) is 3.09. The van der Waals surface area contributed by atoms with Crippen molar-refractivity contribution in [3.63, 3.8) is 0 Å². The first-order valence-electron chi connectivity index (χ1n) is 4.89. The average Bonchev–Trinajstić information content (AvgIpc) is 2.16. The van der Waals surface area contributed by atoms with E-state index in [-0.39, 0.29) is 5.97 Å². The molecule has 80 valence electrons. The molecule has 0 saturated carbocycles. The second-order valence-corrected chi connectivity index (χ2v) is 3.09. The van der Waals surface area contributed by atoms with E-state index in [9.17, 15) is 4.79 Å². The number of carbonyl (C=O) groups excluding carboxylic acids is 1. The van der Waals surface area contributed by atoms with Crippen molar-refractivity contribution in [2.75, 3.05) is 13.2 Å². The van der Waals surface area contributed by atoms with Gasteiger partial charge in [-0.25, -0.2) is 4.79 Å². The van der Waals surface area contributed by atoms with Gasteiger partial charge in [0.15, 0.2) is 0 Å². The van der Waals surface area contributed by atoms with Crippen LogP contribution in [0.25, 0.3) is 0 Å². The smallest absolute Gasteiger partial charge is 0.333 e. The zero-order valence-corrected chi connectivity index (χ0v) is 9.01. The average molecular weight is 197 g/mol. The van der Waals surface area contributed by atoms with Crippen LogP contribution < -0.4 is 5.32 Å². The Hall–Kier alpha value is -1.25. The third kappa shape index (κ3) is 7.40. The molecule has 0 aliphatic rings. The molecular formula is C11H19NO2. The zero-order chi connectivity index (χ0) is 10.8. The lowest BCUT2D eigenvalue weighted by molar-refractivity contribution is -0.137. The van der Waals surface area contributed by atoms with E-state index >= 15 is 0 Å². The van der Waals surface area contributed by atoms with Crippen molar-refractivity contribution in [3.8, 4) is 0 Å². The van der Waals surface area contributed by atoms with Gasteiger partial charge in [-0.1, -0.05) is 19.9 Å². The van der Waals surface area contributed by atoms with Crippen LogP contribution in [0, 0.1) is 0 Å². The van der Waals surface area contributed by atoms with E-state index in [0.29, 0.717) is 12.2 Å². The van der Waals surface area contributed by atoms with E-state index in [4.69, 9.17) is 4.74 Å². The normalized spacial score (nSPS) is 10.1. The highest BCUT2D eigenvalue weighted by atomic mass is 16.5. The van der Waals surface area contributed by atoms with Crippen molar-refractivity contribution in [1.29, 1.82) is 0 Å². The minimum Gasteiger partial charge on any atom is -0.458 e. The molecule has 3 heteroatoms. The van der Waals surface area contributed by atoms with Gasteiger partial charge in [0.05, 0.1) is 0 Å². The summed E-state index contributed by atoms with van der Waals surface area (Å²) in [5.74, 6) is -0.344. The Morgan fingerprint density at radius 1 is 1.57 bits per heavy atom. The lowest BCUT2D eigenvalue weighted by Crippen LogP contribution is -2.08. The molecule has 0 amide bonds. The maximum atomic E-state index is 10.9. The number of rotatable bonds is 7. The molecule has 0 aromatic carbocycles. The summed E-state index contributed by atoms with van der Waals surface area (Å²) in [6.07, 6.45) is 5.90. The number of hydrogen-bond acceptors (Lipinski definition) is 3. The molecule has 0 saturated heterocycles. The van der Waals surface area contributed by atoms with Crippen LogP contribution in [-0.2, 0) is 9.53 Å². The predicted molar refractivity (Wildman–Crippen MR) is 57.8 cm³/mol. The third-order valence-electron chi connectivity index (χ3n) is 1.57. The number of esters is 1. The molecule has 1 N–H and O–H groups in total. The Balaban J connectivity index is 3.35. The van der Waals surface area contributed by atoms with Crippen molar-refractivity contribution in [2.24, 2.45) is 0 Å². The van der Waals surface area contributed by atoms with Gasteiger partial charge in [0.1, 0.15) is 6.61 Å². The summed E-state index contributed by atoms with van der Waals surface area (Å²) >= 11 is 0. The van der Waals surface area contributed by atoms with E-state index in [1.807, 2.05) is 0 Å². The van der Waals surface area contributed by atoms with E-state index in [0.717, 1.165) is 13.0 Å². The first-order valence-corrected chi connectivity index (χ1v) is 4.89. The molecule has 0 fully saturated rings. The Morgan fingerprint density at radius 2 is 2.29 bits per heavy atom. The predicted octanol–water partition coefficient (Wildman–Crippen LogP) is 2.01. The molecule has 0 spiro atoms. The van der Waals surface area contributed by atoms with Crippen LogP contribution >= 0.6 is 0 Å². The number of unbranched alkanes of at least 4 members (excludes halogenated alkanes) is 1. The molecule has 0 rings (SSSR count). The Labute approximate surface area is 85.8 Å². The number of carbonyl (C=O) groups is 1. The second kappa shape index (κ2) is 8.35. The third-order valence-corrected chi connectivity index (χ3v) is 1.57. The van der Waals surface area contributed by atoms with Crippen LogP contribution in [0.1, 0.15) is 26.7 Å². The van der Waals surface area contributed by atoms with Crippen LogP contribution in [0.15, 0.2) is 24.4 Å². The van der Waals surface area contributed by atoms with E-state index in [1.54, 1.807) is 19.2 Å². The molecule has 0 unspecified atom stereocenters. The van der Waals surface area contributed by atoms with Crippen LogP contribution in [0.3, 0.4) is 0 Å². The van der Waals surface area contributed by atoms with Gasteiger partial charge < -0.3 is 10.1 Å². The molecule has 0 aromatic rings. The summed E-state index contributed by atoms with van der Waals surface area (Å²) in [7, 11) is 0. The first-order chi connectivity index (χ1) is 6.68. The maximum Gasteiger partial charge on any atom is 0.333 e. The van der Waals surface area contributed by atoms with Crippen LogP contribution in [0.2, 0.25) is 0 Å². The van der Waals surface area contributed by atoms with Crippen molar-refractivity contribution >= 4 is 5.97 Å². The molecule has 0 aliphatic heterocycles. The molecule has 0 aliphatic carbocycles. The molecule has 0 heterocycles. The van der Waals surface area contributed by atoms with Gasteiger partial charge in [-0.05, 0) is 25.6 Å². The van der Waals surface area contributed by atoms with Crippen molar-refractivity contribution in [3.05, 3.63) is 24.4 Å².